The topological polar surface area (TPSA) is 75.0 Å². The molecule has 0 unspecified atom stereocenters. The Bertz CT molecular complexity index is 476. The van der Waals surface area contributed by atoms with E-state index in [4.69, 9.17) is 5.73 Å². The van der Waals surface area contributed by atoms with Crippen LogP contribution in [-0.4, -0.2) is 32.9 Å². The van der Waals surface area contributed by atoms with Gasteiger partial charge < -0.3 is 15.6 Å². The first-order chi connectivity index (χ1) is 9.10. The summed E-state index contributed by atoms with van der Waals surface area (Å²) in [5, 5.41) is 0. The smallest absolute Gasteiger partial charge is 0.243 e. The summed E-state index contributed by atoms with van der Waals surface area (Å²) < 4.78 is 0. The van der Waals surface area contributed by atoms with Gasteiger partial charge in [-0.3, -0.25) is 4.79 Å². The molecule has 1 saturated carbocycles. The average molecular weight is 262 g/mol. The summed E-state index contributed by atoms with van der Waals surface area (Å²) in [7, 11) is 0. The largest absolute Gasteiger partial charge is 0.344 e. The number of aryl methyl sites for hydroxylation is 1. The Balaban J connectivity index is 1.81. The number of aromatic amines is 1. The number of H-pyrrole nitrogens is 1. The highest BCUT2D eigenvalue weighted by atomic mass is 16.2. The summed E-state index contributed by atoms with van der Waals surface area (Å²) in [6.45, 7) is 2.79. The van der Waals surface area contributed by atoms with Crippen molar-refractivity contribution < 1.29 is 4.79 Å². The van der Waals surface area contributed by atoms with Crippen molar-refractivity contribution in [2.45, 2.75) is 57.0 Å². The van der Waals surface area contributed by atoms with Crippen molar-refractivity contribution in [3.05, 3.63) is 17.7 Å². The van der Waals surface area contributed by atoms with Gasteiger partial charge in [-0.25, -0.2) is 4.98 Å². The molecule has 0 bridgehead atoms. The molecule has 0 radical (unpaired) electrons. The summed E-state index contributed by atoms with van der Waals surface area (Å²) in [5.41, 5.74) is 6.72. The fraction of sp³-hybridized carbons (Fsp3) is 0.714. The van der Waals surface area contributed by atoms with E-state index in [-0.39, 0.29) is 11.9 Å². The molecule has 2 fully saturated rings. The number of nitrogens with two attached hydrogens (primary N) is 1. The molecule has 1 saturated heterocycles. The van der Waals surface area contributed by atoms with Crippen molar-refractivity contribution in [2.75, 3.05) is 6.54 Å². The molecule has 0 spiro atoms. The maximum atomic E-state index is 12.7. The van der Waals surface area contributed by atoms with E-state index in [0.717, 1.165) is 56.6 Å². The van der Waals surface area contributed by atoms with E-state index < -0.39 is 5.54 Å². The van der Waals surface area contributed by atoms with Crippen LogP contribution in [0.2, 0.25) is 0 Å². The van der Waals surface area contributed by atoms with Crippen LogP contribution in [0.4, 0.5) is 0 Å². The number of hydrogen-bond donors (Lipinski definition) is 2. The van der Waals surface area contributed by atoms with Crippen LogP contribution in [0.3, 0.4) is 0 Å². The molecular weight excluding hydrogens is 240 g/mol. The monoisotopic (exact) mass is 262 g/mol. The van der Waals surface area contributed by atoms with Crippen molar-refractivity contribution in [2.24, 2.45) is 5.73 Å². The maximum absolute atomic E-state index is 12.7. The van der Waals surface area contributed by atoms with Crippen LogP contribution in [0.5, 0.6) is 0 Å². The van der Waals surface area contributed by atoms with Crippen molar-refractivity contribution >= 4 is 5.91 Å². The Hall–Kier alpha value is -1.36. The highest BCUT2D eigenvalue weighted by Crippen LogP contribution is 2.36. The number of nitrogens with one attached hydrogen (secondary N) is 1. The van der Waals surface area contributed by atoms with E-state index >= 15 is 0 Å². The van der Waals surface area contributed by atoms with Gasteiger partial charge in [0.2, 0.25) is 5.91 Å². The molecule has 2 aliphatic rings. The third-order valence-electron chi connectivity index (χ3n) is 4.47. The SMILES string of the molecule is Cc1cnc([C@H]2CCCN2C(=O)C2(N)CCCC2)[nH]1. The zero-order chi connectivity index (χ0) is 13.5. The summed E-state index contributed by atoms with van der Waals surface area (Å²) in [5.74, 6) is 1.03. The molecule has 1 amide bonds. The minimum Gasteiger partial charge on any atom is -0.344 e. The molecule has 1 aliphatic carbocycles. The van der Waals surface area contributed by atoms with Gasteiger partial charge in [0.15, 0.2) is 0 Å². The molecule has 2 heterocycles. The van der Waals surface area contributed by atoms with Gasteiger partial charge in [-0.2, -0.15) is 0 Å². The van der Waals surface area contributed by atoms with E-state index in [0.29, 0.717) is 0 Å². The van der Waals surface area contributed by atoms with Gasteiger partial charge in [-0.1, -0.05) is 12.8 Å². The predicted molar refractivity (Wildman–Crippen MR) is 72.4 cm³/mol. The second kappa shape index (κ2) is 4.63. The zero-order valence-electron chi connectivity index (χ0n) is 11.5. The zero-order valence-corrected chi connectivity index (χ0v) is 11.5. The second-order valence-electron chi connectivity index (χ2n) is 5.97. The maximum Gasteiger partial charge on any atom is 0.243 e. The first-order valence-electron chi connectivity index (χ1n) is 7.22. The molecule has 3 N–H and O–H groups in total. The number of carbonyl (C=O) groups is 1. The predicted octanol–water partition coefficient (Wildman–Crippen LogP) is 1.65. The van der Waals surface area contributed by atoms with Crippen LogP contribution in [0, 0.1) is 6.92 Å². The highest BCUT2D eigenvalue weighted by molar-refractivity contribution is 5.87. The van der Waals surface area contributed by atoms with Crippen LogP contribution < -0.4 is 5.73 Å². The summed E-state index contributed by atoms with van der Waals surface area (Å²) in [6.07, 6.45) is 7.63. The number of amides is 1. The van der Waals surface area contributed by atoms with Gasteiger partial charge >= 0.3 is 0 Å². The Morgan fingerprint density at radius 3 is 2.84 bits per heavy atom. The van der Waals surface area contributed by atoms with Crippen LogP contribution in [-0.2, 0) is 4.79 Å². The normalized spacial score (nSPS) is 26.0. The van der Waals surface area contributed by atoms with Gasteiger partial charge in [-0.15, -0.1) is 0 Å². The Labute approximate surface area is 113 Å². The lowest BCUT2D eigenvalue weighted by Gasteiger charge is -2.32. The number of nitrogens with zero attached hydrogens (tertiary/aromatic N) is 2. The van der Waals surface area contributed by atoms with Crippen molar-refractivity contribution in [1.29, 1.82) is 0 Å². The average Bonchev–Trinajstić information content (AvgIpc) is 3.08. The van der Waals surface area contributed by atoms with E-state index in [1.807, 2.05) is 18.0 Å². The van der Waals surface area contributed by atoms with Gasteiger partial charge in [-0.05, 0) is 32.6 Å². The lowest BCUT2D eigenvalue weighted by molar-refractivity contribution is -0.138. The van der Waals surface area contributed by atoms with Gasteiger partial charge in [0.25, 0.3) is 0 Å². The summed E-state index contributed by atoms with van der Waals surface area (Å²) >= 11 is 0. The van der Waals surface area contributed by atoms with Crippen molar-refractivity contribution in [3.8, 4) is 0 Å². The molecule has 0 aromatic carbocycles. The molecule has 5 heteroatoms. The third-order valence-corrected chi connectivity index (χ3v) is 4.47. The minimum atomic E-state index is -0.621. The van der Waals surface area contributed by atoms with Crippen molar-refractivity contribution in [3.63, 3.8) is 0 Å². The lowest BCUT2D eigenvalue weighted by Crippen LogP contribution is -2.53. The molecule has 3 rings (SSSR count). The number of hydrogen-bond acceptors (Lipinski definition) is 3. The van der Waals surface area contributed by atoms with Crippen molar-refractivity contribution in [1.82, 2.24) is 14.9 Å². The van der Waals surface area contributed by atoms with E-state index in [1.54, 1.807) is 0 Å². The molecule has 5 nitrogen and oxygen atoms in total. The van der Waals surface area contributed by atoms with Crippen LogP contribution >= 0.6 is 0 Å². The number of carbonyl (C=O) groups excluding carboxylic acids is 1. The van der Waals surface area contributed by atoms with E-state index in [2.05, 4.69) is 9.97 Å². The molecule has 1 aromatic heterocycles. The fourth-order valence-electron chi connectivity index (χ4n) is 3.40. The summed E-state index contributed by atoms with van der Waals surface area (Å²) in [6, 6.07) is 0.0854. The Kier molecular flexibility index (Phi) is 3.09. The van der Waals surface area contributed by atoms with Gasteiger partial charge in [0.05, 0.1) is 11.6 Å². The standard InChI is InChI=1S/C14H22N4O/c1-10-9-16-12(17-10)11-5-4-8-18(11)13(19)14(15)6-2-3-7-14/h9,11H,2-8,15H2,1H3,(H,16,17)/t11-/m1/s1. The Morgan fingerprint density at radius 1 is 1.47 bits per heavy atom. The van der Waals surface area contributed by atoms with Gasteiger partial charge in [0, 0.05) is 18.4 Å². The molecule has 1 atom stereocenters. The molecule has 104 valence electrons. The molecule has 19 heavy (non-hydrogen) atoms. The Morgan fingerprint density at radius 2 is 2.21 bits per heavy atom. The van der Waals surface area contributed by atoms with Crippen LogP contribution in [0.15, 0.2) is 6.20 Å². The first kappa shape index (κ1) is 12.7. The molecule has 1 aromatic rings. The number of rotatable bonds is 2. The van der Waals surface area contributed by atoms with Gasteiger partial charge in [0.1, 0.15) is 5.82 Å². The summed E-state index contributed by atoms with van der Waals surface area (Å²) in [4.78, 5) is 22.3. The van der Waals surface area contributed by atoms with E-state index in [9.17, 15) is 4.79 Å². The number of likely N-dealkylation sites (tertiary alicyclic amines) is 1. The fourth-order valence-corrected chi connectivity index (χ4v) is 3.40. The second-order valence-corrected chi connectivity index (χ2v) is 5.97. The first-order valence-corrected chi connectivity index (χ1v) is 7.22. The number of imidazole rings is 1. The molecular formula is C14H22N4O. The minimum absolute atomic E-state index is 0.0854. The number of aromatic nitrogens is 2. The van der Waals surface area contributed by atoms with Crippen LogP contribution in [0.1, 0.15) is 56.1 Å². The quantitative estimate of drug-likeness (QED) is 0.851. The third kappa shape index (κ3) is 2.16. The van der Waals surface area contributed by atoms with E-state index in [1.165, 1.54) is 0 Å². The lowest BCUT2D eigenvalue weighted by atomic mass is 9.96. The molecule has 1 aliphatic heterocycles. The highest BCUT2D eigenvalue weighted by Gasteiger charge is 2.43. The van der Waals surface area contributed by atoms with Crippen LogP contribution in [0.25, 0.3) is 0 Å².